The van der Waals surface area contributed by atoms with Crippen LogP contribution in [0.4, 0.5) is 14.6 Å². The summed E-state index contributed by atoms with van der Waals surface area (Å²) in [5.41, 5.74) is 1.75. The number of ether oxygens (including phenoxy) is 1. The van der Waals surface area contributed by atoms with Crippen molar-refractivity contribution in [1.82, 2.24) is 24.9 Å². The van der Waals surface area contributed by atoms with E-state index >= 15 is 0 Å². The monoisotopic (exact) mass is 414 g/mol. The first kappa shape index (κ1) is 19.2. The Morgan fingerprint density at radius 1 is 1.20 bits per heavy atom. The lowest BCUT2D eigenvalue weighted by molar-refractivity contribution is 0.387. The van der Waals surface area contributed by atoms with Gasteiger partial charge in [0, 0.05) is 30.1 Å². The number of anilines is 1. The molecule has 30 heavy (non-hydrogen) atoms. The number of methoxy groups -OCH3 is 1. The first-order chi connectivity index (χ1) is 14.5. The van der Waals surface area contributed by atoms with E-state index in [2.05, 4.69) is 25.7 Å². The Kier molecular flexibility index (Phi) is 4.77. The van der Waals surface area contributed by atoms with E-state index in [0.29, 0.717) is 23.0 Å². The molecule has 2 unspecified atom stereocenters. The summed E-state index contributed by atoms with van der Waals surface area (Å²) in [5.74, 6) is -0.409. The summed E-state index contributed by atoms with van der Waals surface area (Å²) in [6.45, 7) is 2.98. The predicted octanol–water partition coefficient (Wildman–Crippen LogP) is 3.51. The van der Waals surface area contributed by atoms with Crippen molar-refractivity contribution in [2.24, 2.45) is 0 Å². The second-order valence-corrected chi connectivity index (χ2v) is 8.07. The van der Waals surface area contributed by atoms with Crippen molar-refractivity contribution >= 4 is 11.5 Å². The van der Waals surface area contributed by atoms with Crippen LogP contribution in [0, 0.1) is 11.6 Å². The number of pyridine rings is 1. The third kappa shape index (κ3) is 3.36. The number of nitrogens with zero attached hydrogens (tertiary/aromatic N) is 4. The molecule has 0 amide bonds. The Morgan fingerprint density at radius 3 is 2.77 bits per heavy atom. The van der Waals surface area contributed by atoms with Crippen molar-refractivity contribution in [3.63, 3.8) is 0 Å². The number of halogens is 2. The van der Waals surface area contributed by atoms with Gasteiger partial charge in [-0.3, -0.25) is 0 Å². The quantitative estimate of drug-likeness (QED) is 0.666. The minimum Gasteiger partial charge on any atom is -0.495 e. The third-order valence-corrected chi connectivity index (χ3v) is 5.92. The van der Waals surface area contributed by atoms with Crippen LogP contribution in [-0.4, -0.2) is 45.3 Å². The molecule has 5 rings (SSSR count). The number of nitrogens with one attached hydrogen (secondary N) is 2. The number of imidazole rings is 1. The van der Waals surface area contributed by atoms with Crippen LogP contribution < -0.4 is 15.4 Å². The number of hydrogen-bond acceptors (Lipinski definition) is 6. The van der Waals surface area contributed by atoms with Crippen LogP contribution in [0.25, 0.3) is 17.0 Å². The van der Waals surface area contributed by atoms with Crippen molar-refractivity contribution in [1.29, 1.82) is 0 Å². The molecule has 0 spiro atoms. The molecule has 1 saturated carbocycles. The number of hydrogen-bond donors (Lipinski definition) is 2. The Bertz CT molecular complexity index is 1100. The van der Waals surface area contributed by atoms with Crippen LogP contribution in [0.15, 0.2) is 18.3 Å². The van der Waals surface area contributed by atoms with Crippen LogP contribution in [0.5, 0.6) is 5.75 Å². The molecule has 0 radical (unpaired) electrons. The van der Waals surface area contributed by atoms with Gasteiger partial charge < -0.3 is 15.4 Å². The second kappa shape index (κ2) is 7.46. The van der Waals surface area contributed by atoms with Gasteiger partial charge >= 0.3 is 0 Å². The van der Waals surface area contributed by atoms with E-state index in [-0.39, 0.29) is 23.6 Å². The number of fused-ring (bicyclic) bond motifs is 1. The van der Waals surface area contributed by atoms with Gasteiger partial charge in [0.2, 0.25) is 0 Å². The molecular weight excluding hydrogens is 390 g/mol. The molecule has 4 heterocycles. The lowest BCUT2D eigenvalue weighted by Crippen LogP contribution is -2.46. The Morgan fingerprint density at radius 2 is 2.03 bits per heavy atom. The molecule has 2 atom stereocenters. The lowest BCUT2D eigenvalue weighted by Gasteiger charge is -2.31. The van der Waals surface area contributed by atoms with Gasteiger partial charge in [-0.15, -0.1) is 0 Å². The highest BCUT2D eigenvalue weighted by Gasteiger charge is 2.30. The van der Waals surface area contributed by atoms with Crippen molar-refractivity contribution in [3.05, 3.63) is 35.7 Å². The standard InChI is InChI=1S/C21H24F2N6O/c1-11-15(4-3-7-24-11)26-21-14(23)8-13(22)20(27-21)16-10-25-18-9-17(30-2)19(12-5-6-12)28-29(16)18/h8-12,15,24H,3-7H2,1-2H3,(H,26,27). The fraction of sp³-hybridized carbons (Fsp3) is 0.476. The average Bonchev–Trinajstić information content (AvgIpc) is 3.51. The Balaban J connectivity index is 1.56. The SMILES string of the molecule is COc1cc2ncc(-c3nc(NC4CCCNC4C)c(F)cc3F)n2nc1C1CC1. The fourth-order valence-electron chi connectivity index (χ4n) is 4.04. The number of piperidine rings is 1. The molecule has 3 aromatic heterocycles. The summed E-state index contributed by atoms with van der Waals surface area (Å²) in [4.78, 5) is 8.64. The molecule has 9 heteroatoms. The summed E-state index contributed by atoms with van der Waals surface area (Å²) < 4.78 is 36.3. The number of aromatic nitrogens is 4. The van der Waals surface area contributed by atoms with E-state index in [1.165, 1.54) is 6.20 Å². The van der Waals surface area contributed by atoms with Crippen molar-refractivity contribution in [2.75, 3.05) is 19.0 Å². The molecule has 2 N–H and O–H groups in total. The van der Waals surface area contributed by atoms with Crippen LogP contribution in [0.3, 0.4) is 0 Å². The highest BCUT2D eigenvalue weighted by Crippen LogP contribution is 2.43. The first-order valence-corrected chi connectivity index (χ1v) is 10.3. The molecule has 2 fully saturated rings. The van der Waals surface area contributed by atoms with Gasteiger partial charge in [-0.2, -0.15) is 5.10 Å². The lowest BCUT2D eigenvalue weighted by atomic mass is 10.00. The van der Waals surface area contributed by atoms with Crippen LogP contribution >= 0.6 is 0 Å². The molecule has 0 aromatic carbocycles. The molecule has 1 aliphatic carbocycles. The van der Waals surface area contributed by atoms with E-state index in [9.17, 15) is 8.78 Å². The molecule has 0 bridgehead atoms. The Labute approximate surface area is 172 Å². The maximum absolute atomic E-state index is 14.8. The normalized spacial score (nSPS) is 21.7. The molecule has 1 saturated heterocycles. The zero-order chi connectivity index (χ0) is 20.8. The molecule has 3 aromatic rings. The van der Waals surface area contributed by atoms with Crippen molar-refractivity contribution in [3.8, 4) is 17.1 Å². The smallest absolute Gasteiger partial charge is 0.168 e. The van der Waals surface area contributed by atoms with E-state index in [1.807, 2.05) is 6.92 Å². The highest BCUT2D eigenvalue weighted by atomic mass is 19.1. The summed E-state index contributed by atoms with van der Waals surface area (Å²) in [5, 5.41) is 11.2. The van der Waals surface area contributed by atoms with E-state index in [1.54, 1.807) is 17.7 Å². The molecule has 2 aliphatic rings. The zero-order valence-electron chi connectivity index (χ0n) is 17.0. The summed E-state index contributed by atoms with van der Waals surface area (Å²) in [6, 6.07) is 2.85. The van der Waals surface area contributed by atoms with Gasteiger partial charge in [0.15, 0.2) is 23.1 Å². The second-order valence-electron chi connectivity index (χ2n) is 8.07. The molecule has 1 aliphatic heterocycles. The molecule has 158 valence electrons. The van der Waals surface area contributed by atoms with E-state index in [4.69, 9.17) is 4.74 Å². The van der Waals surface area contributed by atoms with Gasteiger partial charge in [0.1, 0.15) is 22.8 Å². The Hall–Kier alpha value is -2.81. The van der Waals surface area contributed by atoms with Gasteiger partial charge in [-0.1, -0.05) is 0 Å². The number of rotatable bonds is 5. The van der Waals surface area contributed by atoms with Crippen molar-refractivity contribution in [2.45, 2.75) is 50.6 Å². The molecular formula is C21H24F2N6O. The maximum atomic E-state index is 14.8. The van der Waals surface area contributed by atoms with E-state index < -0.39 is 11.6 Å². The largest absolute Gasteiger partial charge is 0.495 e. The van der Waals surface area contributed by atoms with E-state index in [0.717, 1.165) is 44.0 Å². The van der Waals surface area contributed by atoms with Crippen LogP contribution in [0.2, 0.25) is 0 Å². The summed E-state index contributed by atoms with van der Waals surface area (Å²) >= 11 is 0. The van der Waals surface area contributed by atoms with Gasteiger partial charge in [-0.05, 0) is 39.2 Å². The summed E-state index contributed by atoms with van der Waals surface area (Å²) in [6.07, 6.45) is 5.48. The zero-order valence-corrected chi connectivity index (χ0v) is 17.0. The third-order valence-electron chi connectivity index (χ3n) is 5.92. The van der Waals surface area contributed by atoms with Crippen LogP contribution in [0.1, 0.15) is 44.2 Å². The van der Waals surface area contributed by atoms with Crippen LogP contribution in [-0.2, 0) is 0 Å². The molecule has 7 nitrogen and oxygen atoms in total. The minimum atomic E-state index is -0.750. The fourth-order valence-corrected chi connectivity index (χ4v) is 4.04. The average molecular weight is 414 g/mol. The van der Waals surface area contributed by atoms with Gasteiger partial charge in [0.25, 0.3) is 0 Å². The van der Waals surface area contributed by atoms with Crippen molar-refractivity contribution < 1.29 is 13.5 Å². The maximum Gasteiger partial charge on any atom is 0.168 e. The summed E-state index contributed by atoms with van der Waals surface area (Å²) in [7, 11) is 1.60. The topological polar surface area (TPSA) is 76.4 Å². The van der Waals surface area contributed by atoms with Gasteiger partial charge in [-0.25, -0.2) is 23.3 Å². The van der Waals surface area contributed by atoms with Gasteiger partial charge in [0.05, 0.1) is 13.3 Å². The predicted molar refractivity (Wildman–Crippen MR) is 109 cm³/mol. The minimum absolute atomic E-state index is 0.0160. The highest BCUT2D eigenvalue weighted by molar-refractivity contribution is 5.63. The first-order valence-electron chi connectivity index (χ1n) is 10.3.